The second-order valence-electron chi connectivity index (χ2n) is 26.7. The molecule has 19 nitrogen and oxygen atoms in total. The summed E-state index contributed by atoms with van der Waals surface area (Å²) in [5.74, 6) is -0.283. The minimum atomic E-state index is -1.98. The highest BCUT2D eigenvalue weighted by Crippen LogP contribution is 2.33. The van der Waals surface area contributed by atoms with Crippen LogP contribution in [0, 0.1) is 0 Å². The van der Waals surface area contributed by atoms with Crippen LogP contribution in [-0.2, 0) is 33.2 Å². The lowest BCUT2D eigenvalue weighted by Crippen LogP contribution is -2.66. The molecule has 3 saturated heterocycles. The van der Waals surface area contributed by atoms with E-state index in [2.05, 4.69) is 55.6 Å². The molecule has 17 atom stereocenters. The Morgan fingerprint density at radius 3 is 1.14 bits per heavy atom. The van der Waals surface area contributed by atoms with Crippen molar-refractivity contribution in [2.45, 2.75) is 388 Å². The van der Waals surface area contributed by atoms with E-state index in [0.717, 1.165) is 44.9 Å². The lowest BCUT2D eigenvalue weighted by Gasteiger charge is -2.48. The molecule has 0 radical (unpaired) electrons. The fourth-order valence-corrected chi connectivity index (χ4v) is 12.5. The highest BCUT2D eigenvalue weighted by atomic mass is 16.8. The van der Waals surface area contributed by atoms with E-state index in [-0.39, 0.29) is 18.9 Å². The van der Waals surface area contributed by atoms with E-state index >= 15 is 0 Å². The quantitative estimate of drug-likeness (QED) is 0.0199. The number of unbranched alkanes of at least 4 members (excludes halogenated alkanes) is 36. The Morgan fingerprint density at radius 1 is 0.387 bits per heavy atom. The van der Waals surface area contributed by atoms with Gasteiger partial charge in [-0.3, -0.25) is 4.79 Å². The van der Waals surface area contributed by atoms with Gasteiger partial charge in [0.05, 0.1) is 38.6 Å². The maximum absolute atomic E-state index is 13.4. The van der Waals surface area contributed by atoms with Crippen LogP contribution in [0.3, 0.4) is 0 Å². The molecule has 0 aromatic heterocycles. The van der Waals surface area contributed by atoms with Gasteiger partial charge in [-0.05, 0) is 64.2 Å². The van der Waals surface area contributed by atoms with E-state index < -0.39 is 124 Å². The largest absolute Gasteiger partial charge is 0.394 e. The molecule has 0 aromatic rings. The van der Waals surface area contributed by atoms with Crippen molar-refractivity contribution < 1.29 is 89.4 Å². The number of hydrogen-bond acceptors (Lipinski definition) is 18. The first-order chi connectivity index (χ1) is 45.3. The molecule has 19 heteroatoms. The van der Waals surface area contributed by atoms with Crippen LogP contribution in [0.4, 0.5) is 0 Å². The Labute approximate surface area is 561 Å². The third kappa shape index (κ3) is 37.0. The summed E-state index contributed by atoms with van der Waals surface area (Å²) in [4.78, 5) is 13.4. The maximum Gasteiger partial charge on any atom is 0.220 e. The molecular weight excluding hydrogens is 1190 g/mol. The van der Waals surface area contributed by atoms with Crippen LogP contribution < -0.4 is 5.32 Å². The molecule has 0 saturated carbocycles. The maximum atomic E-state index is 13.4. The number of hydrogen-bond donors (Lipinski definition) is 12. The Hall–Kier alpha value is -2.25. The number of rotatable bonds is 58. The van der Waals surface area contributed by atoms with E-state index in [9.17, 15) is 61.0 Å². The van der Waals surface area contributed by atoms with Crippen LogP contribution in [-0.4, -0.2) is 193 Å². The fourth-order valence-electron chi connectivity index (χ4n) is 12.5. The van der Waals surface area contributed by atoms with Crippen molar-refractivity contribution in [3.05, 3.63) is 48.6 Å². The van der Waals surface area contributed by atoms with Crippen molar-refractivity contribution in [1.82, 2.24) is 5.32 Å². The van der Waals surface area contributed by atoms with Gasteiger partial charge in [0, 0.05) is 6.42 Å². The highest BCUT2D eigenvalue weighted by Gasteiger charge is 2.53. The van der Waals surface area contributed by atoms with E-state index in [1.807, 2.05) is 6.08 Å². The second-order valence-corrected chi connectivity index (χ2v) is 26.7. The van der Waals surface area contributed by atoms with Crippen molar-refractivity contribution in [3.8, 4) is 0 Å². The minimum Gasteiger partial charge on any atom is -0.394 e. The monoisotopic (exact) mass is 1330 g/mol. The number of ether oxygens (including phenoxy) is 6. The molecule has 3 aliphatic rings. The predicted molar refractivity (Wildman–Crippen MR) is 365 cm³/mol. The third-order valence-electron chi connectivity index (χ3n) is 18.6. The molecule has 0 spiro atoms. The summed E-state index contributed by atoms with van der Waals surface area (Å²) < 4.78 is 34.3. The smallest absolute Gasteiger partial charge is 0.220 e. The first kappa shape index (κ1) is 85.0. The van der Waals surface area contributed by atoms with Gasteiger partial charge < -0.3 is 89.9 Å². The zero-order valence-corrected chi connectivity index (χ0v) is 57.7. The lowest BCUT2D eigenvalue weighted by atomic mass is 9.96. The van der Waals surface area contributed by atoms with Crippen LogP contribution in [0.1, 0.15) is 284 Å². The number of allylic oxidation sites excluding steroid dienone is 7. The van der Waals surface area contributed by atoms with Gasteiger partial charge in [-0.2, -0.15) is 0 Å². The normalized spacial score (nSPS) is 27.8. The standard InChI is InChI=1S/C74H135NO18/c1-3-5-7-9-11-13-15-16-17-18-19-20-21-22-23-24-25-26-27-28-29-30-31-32-33-34-35-36-37-38-39-40-42-44-46-48-50-52-62(80)75-57(58(79)51-49-47-45-43-41-14-12-10-8-6-4-2)56-88-72-68(86)65(83)70(60(54-77)90-72)93-74-69(87)66(84)71(61(55-78)91-74)92-73-67(85)64(82)63(81)59(53-76)89-73/h15-16,18-19,41,43,49,51,57-61,63-74,76-79,81-87H,3-14,17,20-40,42,44-48,50,52-56H2,1-2H3,(H,75,80)/b16-15-,19-18-,43-41+,51-49+. The lowest BCUT2D eigenvalue weighted by molar-refractivity contribution is -0.379. The average molecular weight is 1330 g/mol. The molecule has 93 heavy (non-hydrogen) atoms. The van der Waals surface area contributed by atoms with Crippen LogP contribution in [0.2, 0.25) is 0 Å². The van der Waals surface area contributed by atoms with Crippen molar-refractivity contribution in [3.63, 3.8) is 0 Å². The van der Waals surface area contributed by atoms with Crippen LogP contribution in [0.25, 0.3) is 0 Å². The Morgan fingerprint density at radius 2 is 0.720 bits per heavy atom. The van der Waals surface area contributed by atoms with E-state index in [0.29, 0.717) is 12.8 Å². The fraction of sp³-hybridized carbons (Fsp3) is 0.878. The zero-order valence-electron chi connectivity index (χ0n) is 57.7. The molecule has 3 heterocycles. The van der Waals surface area contributed by atoms with Gasteiger partial charge in [0.25, 0.3) is 0 Å². The van der Waals surface area contributed by atoms with Crippen LogP contribution in [0.15, 0.2) is 48.6 Å². The number of carbonyl (C=O) groups excluding carboxylic acids is 1. The molecule has 0 bridgehead atoms. The van der Waals surface area contributed by atoms with E-state index in [4.69, 9.17) is 28.4 Å². The number of nitrogens with one attached hydrogen (secondary N) is 1. The van der Waals surface area contributed by atoms with Gasteiger partial charge in [0.15, 0.2) is 18.9 Å². The van der Waals surface area contributed by atoms with Gasteiger partial charge in [0.1, 0.15) is 73.2 Å². The van der Waals surface area contributed by atoms with Gasteiger partial charge >= 0.3 is 0 Å². The molecule has 3 aliphatic heterocycles. The Balaban J connectivity index is 1.29. The number of aliphatic hydroxyl groups is 11. The number of aliphatic hydroxyl groups excluding tert-OH is 11. The predicted octanol–water partition coefficient (Wildman–Crippen LogP) is 10.9. The molecule has 1 amide bonds. The third-order valence-corrected chi connectivity index (χ3v) is 18.6. The van der Waals surface area contributed by atoms with Gasteiger partial charge in [-0.1, -0.05) is 262 Å². The summed E-state index contributed by atoms with van der Waals surface area (Å²) in [5.41, 5.74) is 0. The Kier molecular flexibility index (Phi) is 50.8. The summed E-state index contributed by atoms with van der Waals surface area (Å²) in [6, 6.07) is -0.987. The number of amides is 1. The van der Waals surface area contributed by atoms with E-state index in [1.165, 1.54) is 205 Å². The summed E-state index contributed by atoms with van der Waals surface area (Å²) in [6.45, 7) is 1.68. The molecule has 3 fully saturated rings. The van der Waals surface area contributed by atoms with Gasteiger partial charge in [-0.25, -0.2) is 0 Å². The minimum absolute atomic E-state index is 0.238. The molecule has 17 unspecified atom stereocenters. The summed E-state index contributed by atoms with van der Waals surface area (Å²) in [6.07, 6.45) is 41.5. The van der Waals surface area contributed by atoms with Gasteiger partial charge in [-0.15, -0.1) is 0 Å². The zero-order chi connectivity index (χ0) is 67.5. The SMILES string of the molecule is CCCCCCC/C=C\C/C=C\CCCCCCCCCCCCCCCCCCCCCCCCCCCC(=O)NC(COC1OC(CO)C(OC2OC(CO)C(OC3OC(CO)C(O)C(O)C3O)C(O)C2O)C(O)C1O)C(O)/C=C/CC/C=C/CCCCCCC. The van der Waals surface area contributed by atoms with Crippen molar-refractivity contribution >= 4 is 5.91 Å². The molecule has 12 N–H and O–H groups in total. The molecular formula is C74H135NO18. The summed E-state index contributed by atoms with van der Waals surface area (Å²) in [7, 11) is 0. The van der Waals surface area contributed by atoms with Crippen molar-refractivity contribution in [1.29, 1.82) is 0 Å². The van der Waals surface area contributed by atoms with Crippen LogP contribution >= 0.6 is 0 Å². The van der Waals surface area contributed by atoms with Gasteiger partial charge in [0.2, 0.25) is 5.91 Å². The number of carbonyl (C=O) groups is 1. The Bertz CT molecular complexity index is 1870. The topological polar surface area (TPSA) is 307 Å². The molecule has 3 rings (SSSR count). The van der Waals surface area contributed by atoms with Crippen molar-refractivity contribution in [2.24, 2.45) is 0 Å². The second kappa shape index (κ2) is 55.6. The highest BCUT2D eigenvalue weighted by molar-refractivity contribution is 5.76. The molecule has 0 aliphatic carbocycles. The molecule has 544 valence electrons. The molecule has 0 aromatic carbocycles. The van der Waals surface area contributed by atoms with Crippen LogP contribution in [0.5, 0.6) is 0 Å². The van der Waals surface area contributed by atoms with E-state index in [1.54, 1.807) is 6.08 Å². The van der Waals surface area contributed by atoms with Crippen molar-refractivity contribution in [2.75, 3.05) is 26.4 Å². The first-order valence-corrected chi connectivity index (χ1v) is 37.4. The summed E-state index contributed by atoms with van der Waals surface area (Å²) >= 11 is 0. The average Bonchev–Trinajstić information content (AvgIpc) is 0.805. The summed E-state index contributed by atoms with van der Waals surface area (Å²) in [5, 5.41) is 120. The first-order valence-electron chi connectivity index (χ1n) is 37.4.